The number of nitrogens with one attached hydrogen (secondary N) is 3. The number of hydrogen-bond acceptors (Lipinski definition) is 12. The molecule has 4 aromatic heterocycles. The molecule has 2 aliphatic rings. The molecule has 0 aromatic carbocycles. The monoisotopic (exact) mass is 673 g/mol. The normalized spacial score (nSPS) is 18.1. The number of aliphatic carboxylic acids is 1. The van der Waals surface area contributed by atoms with Gasteiger partial charge in [-0.25, -0.2) is 4.98 Å². The number of carbonyl (C=O) groups is 3. The van der Waals surface area contributed by atoms with E-state index >= 15 is 0 Å². The molecule has 2 atom stereocenters. The van der Waals surface area contributed by atoms with Crippen molar-refractivity contribution in [1.29, 1.82) is 5.41 Å². The van der Waals surface area contributed by atoms with Crippen molar-refractivity contribution in [1.82, 2.24) is 24.3 Å². The summed E-state index contributed by atoms with van der Waals surface area (Å²) in [6.07, 6.45) is 6.91. The smallest absolute Gasteiger partial charge is 0.276 e. The van der Waals surface area contributed by atoms with Crippen LogP contribution in [0.15, 0.2) is 57.8 Å². The van der Waals surface area contributed by atoms with Gasteiger partial charge in [-0.05, 0) is 0 Å². The summed E-state index contributed by atoms with van der Waals surface area (Å²) in [6.45, 7) is 0.544. The highest BCUT2D eigenvalue weighted by Gasteiger charge is 2.53. The van der Waals surface area contributed by atoms with Gasteiger partial charge in [0.15, 0.2) is 35.2 Å². The number of guanidine groups is 1. The first-order valence-electron chi connectivity index (χ1n) is 13.0. The number of nitrogens with two attached hydrogens (primary N) is 2. The van der Waals surface area contributed by atoms with Crippen LogP contribution in [0.5, 0.6) is 0 Å². The second-order valence-corrected chi connectivity index (χ2v) is 12.5. The molecule has 2 amide bonds. The van der Waals surface area contributed by atoms with E-state index in [1.807, 2.05) is 27.5 Å². The first-order valence-corrected chi connectivity index (χ1v) is 15.3. The Bertz CT molecular complexity index is 1920. The van der Waals surface area contributed by atoms with Crippen molar-refractivity contribution < 1.29 is 33.4 Å². The minimum atomic E-state index is -1.50. The Morgan fingerprint density at radius 1 is 1.40 bits per heavy atom. The van der Waals surface area contributed by atoms with Gasteiger partial charge in [-0.1, -0.05) is 28.1 Å². The lowest BCUT2D eigenvalue weighted by Gasteiger charge is -2.50. The van der Waals surface area contributed by atoms with Crippen LogP contribution in [0.3, 0.4) is 0 Å². The number of imidazole rings is 1. The first kappa shape index (κ1) is 30.0. The number of halogens is 1. The molecule has 2 aliphatic heterocycles. The highest BCUT2D eigenvalue weighted by molar-refractivity contribution is 8.00. The standard InChI is InChI=1S/C25H24ClN11O6S2/c1-42-33-16(15-19(26)45-25(29)32-15)20(38)31-17-21(39)37-18(23(40)41)11(10-44-22(17)37)7-35-3-2-14-34(4-5-36(14)35)8-13-6-12(9-43-13)30-24(27)28/h2-6,9,17,22H,7-8,10H2,1H3,(H7-,27,28,29,30,31,32,38,40,41)/b33-16-/t17-,22-/m1/s1. The number of hydrogen-bond donors (Lipinski definition) is 5. The summed E-state index contributed by atoms with van der Waals surface area (Å²) in [5, 5.41) is 28.1. The van der Waals surface area contributed by atoms with Gasteiger partial charge >= 0.3 is 0 Å². The number of carbonyl (C=O) groups excluding carboxylic acids is 3. The van der Waals surface area contributed by atoms with Crippen molar-refractivity contribution in [2.45, 2.75) is 24.5 Å². The van der Waals surface area contributed by atoms with E-state index in [2.05, 4.69) is 20.8 Å². The van der Waals surface area contributed by atoms with Gasteiger partial charge in [0.1, 0.15) is 40.6 Å². The molecule has 6 rings (SSSR count). The molecular formula is C25H24ClN11O6S2. The third-order valence-corrected chi connectivity index (χ3v) is 9.38. The molecule has 1 fully saturated rings. The highest BCUT2D eigenvalue weighted by atomic mass is 35.5. The zero-order valence-corrected chi connectivity index (χ0v) is 25.6. The molecule has 7 N–H and O–H groups in total. The van der Waals surface area contributed by atoms with Crippen molar-refractivity contribution >= 4 is 80.6 Å². The van der Waals surface area contributed by atoms with Gasteiger partial charge in [0, 0.05) is 23.6 Å². The van der Waals surface area contributed by atoms with Crippen molar-refractivity contribution in [2.24, 2.45) is 10.9 Å². The summed E-state index contributed by atoms with van der Waals surface area (Å²) in [6, 6.07) is 2.55. The van der Waals surface area contributed by atoms with Gasteiger partial charge in [0.25, 0.3) is 11.8 Å². The Balaban J connectivity index is 1.19. The van der Waals surface area contributed by atoms with Gasteiger partial charge in [0.05, 0.1) is 36.2 Å². The molecular weight excluding hydrogens is 650 g/mol. The summed E-state index contributed by atoms with van der Waals surface area (Å²) in [7, 11) is 1.23. The van der Waals surface area contributed by atoms with Crippen LogP contribution in [-0.4, -0.2) is 72.7 Å². The molecule has 0 radical (unpaired) electrons. The van der Waals surface area contributed by atoms with Crippen LogP contribution in [0.1, 0.15) is 11.5 Å². The Kier molecular flexibility index (Phi) is 7.89. The molecule has 17 nitrogen and oxygen atoms in total. The van der Waals surface area contributed by atoms with Crippen molar-refractivity contribution in [3.05, 3.63) is 64.0 Å². The minimum Gasteiger partial charge on any atom is -0.543 e. The SMILES string of the molecule is CO/N=C(\C(=O)N[C@@H]1C(=O)N2C(C(=O)[O-])=C(C[n+]3ccc4n(Cc5cc(NC(=N)N)co5)ccn43)CS[C@H]12)c1nc(N)sc1Cl. The molecule has 45 heavy (non-hydrogen) atoms. The minimum absolute atomic E-state index is 0.000630. The fraction of sp³-hybridized carbons (Fsp3) is 0.240. The Labute approximate surface area is 266 Å². The second-order valence-electron chi connectivity index (χ2n) is 9.78. The van der Waals surface area contributed by atoms with Crippen LogP contribution in [0.2, 0.25) is 4.34 Å². The Morgan fingerprint density at radius 3 is 2.89 bits per heavy atom. The van der Waals surface area contributed by atoms with Gasteiger partial charge in [0.2, 0.25) is 0 Å². The number of nitrogens with zero attached hydrogens (tertiary/aromatic N) is 6. The predicted octanol–water partition coefficient (Wildman–Crippen LogP) is -0.878. The molecule has 0 aliphatic carbocycles. The van der Waals surface area contributed by atoms with Crippen LogP contribution in [0.4, 0.5) is 10.8 Å². The maximum atomic E-state index is 13.2. The number of thioether (sulfide) groups is 1. The number of carboxylic acid groups (broad SMARTS) is 1. The summed E-state index contributed by atoms with van der Waals surface area (Å²) < 4.78 is 11.2. The third-order valence-electron chi connectivity index (χ3n) is 6.95. The zero-order valence-electron chi connectivity index (χ0n) is 23.2. The molecule has 4 aromatic rings. The van der Waals surface area contributed by atoms with Crippen LogP contribution < -0.4 is 31.9 Å². The number of oxime groups is 1. The van der Waals surface area contributed by atoms with E-state index in [1.165, 1.54) is 25.1 Å². The molecule has 6 heterocycles. The van der Waals surface area contributed by atoms with Crippen LogP contribution in [0.25, 0.3) is 5.65 Å². The Hall–Kier alpha value is -5.01. The summed E-state index contributed by atoms with van der Waals surface area (Å²) in [4.78, 5) is 48.6. The predicted molar refractivity (Wildman–Crippen MR) is 161 cm³/mol. The number of furan rings is 1. The number of fused-ring (bicyclic) bond motifs is 2. The summed E-state index contributed by atoms with van der Waals surface area (Å²) in [5.74, 6) is -2.23. The van der Waals surface area contributed by atoms with E-state index in [-0.39, 0.29) is 44.8 Å². The van der Waals surface area contributed by atoms with Crippen molar-refractivity contribution in [3.8, 4) is 0 Å². The van der Waals surface area contributed by atoms with E-state index in [9.17, 15) is 19.5 Å². The average Bonchev–Trinajstić information content (AvgIpc) is 3.77. The van der Waals surface area contributed by atoms with Gasteiger partial charge in [-0.2, -0.15) is 0 Å². The molecule has 0 saturated carbocycles. The topological polar surface area (TPSA) is 238 Å². The highest BCUT2D eigenvalue weighted by Crippen LogP contribution is 2.40. The van der Waals surface area contributed by atoms with E-state index in [4.69, 9.17) is 37.7 Å². The number of rotatable bonds is 10. The third kappa shape index (κ3) is 5.56. The van der Waals surface area contributed by atoms with E-state index in [1.54, 1.807) is 16.9 Å². The number of β-lactam (4-membered cyclic amide) rings is 1. The van der Waals surface area contributed by atoms with Crippen LogP contribution in [0, 0.1) is 5.41 Å². The molecule has 0 spiro atoms. The fourth-order valence-electron chi connectivity index (χ4n) is 5.10. The summed E-state index contributed by atoms with van der Waals surface area (Å²) in [5.41, 5.74) is 12.4. The maximum Gasteiger partial charge on any atom is 0.276 e. The second kappa shape index (κ2) is 11.8. The number of nitrogen functional groups attached to an aromatic ring is 1. The number of thiazole rings is 1. The quantitative estimate of drug-likeness (QED) is 0.0455. The fourth-order valence-corrected chi connectivity index (χ4v) is 7.37. The average molecular weight is 674 g/mol. The summed E-state index contributed by atoms with van der Waals surface area (Å²) >= 11 is 8.39. The lowest BCUT2D eigenvalue weighted by Crippen LogP contribution is -2.71. The molecule has 0 bridgehead atoms. The van der Waals surface area contributed by atoms with Crippen LogP contribution >= 0.6 is 34.7 Å². The van der Waals surface area contributed by atoms with Crippen molar-refractivity contribution in [2.75, 3.05) is 23.9 Å². The van der Waals surface area contributed by atoms with E-state index < -0.39 is 29.2 Å². The molecule has 0 unspecified atom stereocenters. The largest absolute Gasteiger partial charge is 0.543 e. The Morgan fingerprint density at radius 2 is 2.20 bits per heavy atom. The van der Waals surface area contributed by atoms with Gasteiger partial charge < -0.3 is 45.8 Å². The van der Waals surface area contributed by atoms with Crippen LogP contribution in [-0.2, 0) is 32.3 Å². The van der Waals surface area contributed by atoms with Gasteiger partial charge in [-0.15, -0.1) is 21.0 Å². The molecule has 20 heteroatoms. The number of amides is 2. The maximum absolute atomic E-state index is 13.2. The van der Waals surface area contributed by atoms with Crippen molar-refractivity contribution in [3.63, 3.8) is 0 Å². The van der Waals surface area contributed by atoms with Gasteiger partial charge in [-0.3, -0.25) is 19.9 Å². The van der Waals surface area contributed by atoms with E-state index in [0.29, 0.717) is 23.6 Å². The lowest BCUT2D eigenvalue weighted by atomic mass is 10.0. The molecule has 1 saturated heterocycles. The number of anilines is 2. The number of aromatic nitrogens is 4. The first-order chi connectivity index (χ1) is 21.5. The van der Waals surface area contributed by atoms with E-state index in [0.717, 1.165) is 21.9 Å². The molecule has 234 valence electrons. The lowest BCUT2D eigenvalue weighted by molar-refractivity contribution is -0.753. The zero-order chi connectivity index (χ0) is 32.0. The number of carboxylic acids is 1.